The number of sulfonamides is 1. The van der Waals surface area contributed by atoms with Crippen molar-refractivity contribution in [1.82, 2.24) is 9.62 Å². The number of hydrogen-bond donors (Lipinski definition) is 1. The standard InChI is InChI=1S/C21H26N2O4S/c1-3-27-20-10-9-17(15-16(20)2)21(24)23-13-11-18(12-14-23)22-28(25,26)19-7-5-4-6-8-19/h4-10,15,18,22H,3,11-14H2,1-2H3. The van der Waals surface area contributed by atoms with Gasteiger partial charge >= 0.3 is 0 Å². The maximum atomic E-state index is 12.8. The lowest BCUT2D eigenvalue weighted by Gasteiger charge is -2.32. The van der Waals surface area contributed by atoms with E-state index in [1.165, 1.54) is 0 Å². The number of amides is 1. The molecule has 0 bridgehead atoms. The summed E-state index contributed by atoms with van der Waals surface area (Å²) >= 11 is 0. The molecule has 2 aromatic carbocycles. The lowest BCUT2D eigenvalue weighted by atomic mass is 10.0. The molecule has 7 heteroatoms. The van der Waals surface area contributed by atoms with Crippen molar-refractivity contribution >= 4 is 15.9 Å². The number of ether oxygens (including phenoxy) is 1. The van der Waals surface area contributed by atoms with Gasteiger partial charge in [-0.1, -0.05) is 18.2 Å². The third-order valence-electron chi connectivity index (χ3n) is 4.88. The largest absolute Gasteiger partial charge is 0.494 e. The van der Waals surface area contributed by atoms with Gasteiger partial charge in [0.15, 0.2) is 0 Å². The number of carbonyl (C=O) groups excluding carboxylic acids is 1. The predicted octanol–water partition coefficient (Wildman–Crippen LogP) is 2.98. The first-order chi connectivity index (χ1) is 13.4. The first-order valence-electron chi connectivity index (χ1n) is 9.51. The second-order valence-electron chi connectivity index (χ2n) is 6.91. The van der Waals surface area contributed by atoms with Crippen LogP contribution in [-0.2, 0) is 10.0 Å². The average Bonchev–Trinajstić information content (AvgIpc) is 2.70. The van der Waals surface area contributed by atoms with Gasteiger partial charge in [0.25, 0.3) is 5.91 Å². The zero-order chi connectivity index (χ0) is 20.1. The molecule has 1 fully saturated rings. The summed E-state index contributed by atoms with van der Waals surface area (Å²) < 4.78 is 33.2. The van der Waals surface area contributed by atoms with Crippen LogP contribution in [0, 0.1) is 6.92 Å². The zero-order valence-electron chi connectivity index (χ0n) is 16.2. The molecule has 28 heavy (non-hydrogen) atoms. The van der Waals surface area contributed by atoms with E-state index in [2.05, 4.69) is 4.72 Å². The smallest absolute Gasteiger partial charge is 0.253 e. The highest BCUT2D eigenvalue weighted by molar-refractivity contribution is 7.89. The molecule has 1 aliphatic rings. The molecule has 2 aromatic rings. The highest BCUT2D eigenvalue weighted by Crippen LogP contribution is 2.22. The fraction of sp³-hybridized carbons (Fsp3) is 0.381. The fourth-order valence-corrected chi connectivity index (χ4v) is 4.70. The Morgan fingerprint density at radius 2 is 1.82 bits per heavy atom. The molecule has 1 N–H and O–H groups in total. The van der Waals surface area contributed by atoms with Crippen molar-refractivity contribution in [2.45, 2.75) is 37.6 Å². The van der Waals surface area contributed by atoms with Gasteiger partial charge < -0.3 is 9.64 Å². The summed E-state index contributed by atoms with van der Waals surface area (Å²) in [6.45, 7) is 5.47. The average molecular weight is 403 g/mol. The number of nitrogens with one attached hydrogen (secondary N) is 1. The topological polar surface area (TPSA) is 75.7 Å². The molecule has 1 amide bonds. The molecule has 6 nitrogen and oxygen atoms in total. The van der Waals surface area contributed by atoms with Gasteiger partial charge in [0.1, 0.15) is 5.75 Å². The Morgan fingerprint density at radius 3 is 2.43 bits per heavy atom. The van der Waals surface area contributed by atoms with Crippen molar-refractivity contribution in [3.05, 3.63) is 59.7 Å². The summed E-state index contributed by atoms with van der Waals surface area (Å²) in [5.41, 5.74) is 1.56. The van der Waals surface area contributed by atoms with Crippen LogP contribution in [0.5, 0.6) is 5.75 Å². The maximum Gasteiger partial charge on any atom is 0.253 e. The second-order valence-corrected chi connectivity index (χ2v) is 8.63. The second kappa shape index (κ2) is 8.75. The van der Waals surface area contributed by atoms with Gasteiger partial charge in [-0.2, -0.15) is 0 Å². The van der Waals surface area contributed by atoms with Gasteiger partial charge in [0.05, 0.1) is 11.5 Å². The fourth-order valence-electron chi connectivity index (χ4n) is 3.37. The molecule has 3 rings (SSSR count). The Balaban J connectivity index is 1.59. The van der Waals surface area contributed by atoms with Crippen LogP contribution >= 0.6 is 0 Å². The summed E-state index contributed by atoms with van der Waals surface area (Å²) in [6, 6.07) is 13.6. The molecule has 1 saturated heterocycles. The number of carbonyl (C=O) groups is 1. The van der Waals surface area contributed by atoms with E-state index in [9.17, 15) is 13.2 Å². The number of aryl methyl sites for hydroxylation is 1. The molecule has 0 unspecified atom stereocenters. The quantitative estimate of drug-likeness (QED) is 0.806. The van der Waals surface area contributed by atoms with E-state index in [4.69, 9.17) is 4.74 Å². The van der Waals surface area contributed by atoms with E-state index < -0.39 is 10.0 Å². The monoisotopic (exact) mass is 402 g/mol. The van der Waals surface area contributed by atoms with Gasteiger partial charge in [0, 0.05) is 24.7 Å². The zero-order valence-corrected chi connectivity index (χ0v) is 17.0. The first kappa shape index (κ1) is 20.4. The molecule has 0 saturated carbocycles. The molecular formula is C21H26N2O4S. The third-order valence-corrected chi connectivity index (χ3v) is 6.42. The van der Waals surface area contributed by atoms with Crippen molar-refractivity contribution in [2.24, 2.45) is 0 Å². The summed E-state index contributed by atoms with van der Waals surface area (Å²) in [5.74, 6) is 0.753. The number of piperidine rings is 1. The van der Waals surface area contributed by atoms with Gasteiger partial charge in [0.2, 0.25) is 10.0 Å². The van der Waals surface area contributed by atoms with Crippen molar-refractivity contribution in [1.29, 1.82) is 0 Å². The number of hydrogen-bond acceptors (Lipinski definition) is 4. The van der Waals surface area contributed by atoms with E-state index in [0.29, 0.717) is 38.1 Å². The Hall–Kier alpha value is -2.38. The Morgan fingerprint density at radius 1 is 1.14 bits per heavy atom. The molecular weight excluding hydrogens is 376 g/mol. The number of likely N-dealkylation sites (tertiary alicyclic amines) is 1. The molecule has 0 spiro atoms. The van der Waals surface area contributed by atoms with E-state index >= 15 is 0 Å². The normalized spacial score (nSPS) is 15.4. The molecule has 0 aromatic heterocycles. The molecule has 1 aliphatic heterocycles. The van der Waals surface area contributed by atoms with Crippen LogP contribution in [0.15, 0.2) is 53.4 Å². The highest BCUT2D eigenvalue weighted by atomic mass is 32.2. The summed E-state index contributed by atoms with van der Waals surface area (Å²) in [5, 5.41) is 0. The van der Waals surface area contributed by atoms with Crippen molar-refractivity contribution in [2.75, 3.05) is 19.7 Å². The maximum absolute atomic E-state index is 12.8. The Kier molecular flexibility index (Phi) is 6.36. The van der Waals surface area contributed by atoms with Crippen LogP contribution in [0.25, 0.3) is 0 Å². The number of benzene rings is 2. The van der Waals surface area contributed by atoms with Crippen molar-refractivity contribution in [3.63, 3.8) is 0 Å². The van der Waals surface area contributed by atoms with E-state index in [1.54, 1.807) is 41.3 Å². The minimum atomic E-state index is -3.53. The summed E-state index contributed by atoms with van der Waals surface area (Å²) in [6.07, 6.45) is 1.18. The highest BCUT2D eigenvalue weighted by Gasteiger charge is 2.27. The minimum Gasteiger partial charge on any atom is -0.494 e. The van der Waals surface area contributed by atoms with Gasteiger partial charge in [-0.15, -0.1) is 0 Å². The van der Waals surface area contributed by atoms with Crippen molar-refractivity contribution in [3.8, 4) is 5.75 Å². The van der Waals surface area contributed by atoms with Gasteiger partial charge in [-0.3, -0.25) is 4.79 Å². The van der Waals surface area contributed by atoms with E-state index in [-0.39, 0.29) is 16.8 Å². The molecule has 150 valence electrons. The Bertz CT molecular complexity index is 921. The third kappa shape index (κ3) is 4.72. The lowest BCUT2D eigenvalue weighted by Crippen LogP contribution is -2.46. The minimum absolute atomic E-state index is 0.0319. The first-order valence-corrected chi connectivity index (χ1v) is 11.0. The number of nitrogens with zero attached hydrogens (tertiary/aromatic N) is 1. The van der Waals surface area contributed by atoms with E-state index in [0.717, 1.165) is 11.3 Å². The van der Waals surface area contributed by atoms with Gasteiger partial charge in [-0.05, 0) is 62.6 Å². The van der Waals surface area contributed by atoms with Crippen LogP contribution in [0.2, 0.25) is 0 Å². The van der Waals surface area contributed by atoms with Crippen molar-refractivity contribution < 1.29 is 17.9 Å². The van der Waals surface area contributed by atoms with Gasteiger partial charge in [-0.25, -0.2) is 13.1 Å². The predicted molar refractivity (Wildman–Crippen MR) is 108 cm³/mol. The van der Waals surface area contributed by atoms with Crippen LogP contribution in [-0.4, -0.2) is 45.0 Å². The Labute approximate surface area is 166 Å². The summed E-state index contributed by atoms with van der Waals surface area (Å²) in [4.78, 5) is 14.8. The number of rotatable bonds is 6. The molecule has 1 heterocycles. The molecule has 0 aliphatic carbocycles. The SMILES string of the molecule is CCOc1ccc(C(=O)N2CCC(NS(=O)(=O)c3ccccc3)CC2)cc1C. The van der Waals surface area contributed by atoms with Crippen LogP contribution in [0.3, 0.4) is 0 Å². The van der Waals surface area contributed by atoms with Crippen LogP contribution < -0.4 is 9.46 Å². The summed E-state index contributed by atoms with van der Waals surface area (Å²) in [7, 11) is -3.53. The lowest BCUT2D eigenvalue weighted by molar-refractivity contribution is 0.0711. The van der Waals surface area contributed by atoms with Crippen LogP contribution in [0.1, 0.15) is 35.7 Å². The molecule has 0 atom stereocenters. The van der Waals surface area contributed by atoms with E-state index in [1.807, 2.05) is 26.0 Å². The van der Waals surface area contributed by atoms with Crippen LogP contribution in [0.4, 0.5) is 0 Å². The molecule has 0 radical (unpaired) electrons.